The number of anilines is 1. The van der Waals surface area contributed by atoms with Gasteiger partial charge in [0.15, 0.2) is 0 Å². The summed E-state index contributed by atoms with van der Waals surface area (Å²) in [7, 11) is 0. The van der Waals surface area contributed by atoms with Crippen LogP contribution >= 0.6 is 11.6 Å². The minimum absolute atomic E-state index is 0.524. The van der Waals surface area contributed by atoms with Crippen LogP contribution in [0.2, 0.25) is 5.02 Å². The third-order valence-corrected chi connectivity index (χ3v) is 4.61. The molecule has 1 heterocycles. The first kappa shape index (κ1) is 15.4. The van der Waals surface area contributed by atoms with Gasteiger partial charge in [0.1, 0.15) is 0 Å². The third kappa shape index (κ3) is 3.63. The van der Waals surface area contributed by atoms with Gasteiger partial charge in [-0.05, 0) is 43.7 Å². The van der Waals surface area contributed by atoms with Crippen molar-refractivity contribution in [2.45, 2.75) is 26.4 Å². The third-order valence-electron chi connectivity index (χ3n) is 4.37. The molecular formula is C19H23ClN2. The first-order valence-electron chi connectivity index (χ1n) is 7.92. The molecule has 0 aliphatic carbocycles. The van der Waals surface area contributed by atoms with Gasteiger partial charge in [-0.2, -0.15) is 0 Å². The van der Waals surface area contributed by atoms with E-state index in [9.17, 15) is 0 Å². The zero-order valence-corrected chi connectivity index (χ0v) is 14.1. The number of rotatable bonds is 3. The van der Waals surface area contributed by atoms with E-state index in [4.69, 9.17) is 11.6 Å². The molecule has 2 nitrogen and oxygen atoms in total. The van der Waals surface area contributed by atoms with Crippen molar-refractivity contribution in [2.75, 3.05) is 24.5 Å². The van der Waals surface area contributed by atoms with E-state index in [0.29, 0.717) is 6.04 Å². The fourth-order valence-corrected chi connectivity index (χ4v) is 3.40. The summed E-state index contributed by atoms with van der Waals surface area (Å²) in [5.74, 6) is 0. The van der Waals surface area contributed by atoms with E-state index in [1.54, 1.807) is 0 Å². The van der Waals surface area contributed by atoms with Gasteiger partial charge in [0.25, 0.3) is 0 Å². The zero-order valence-electron chi connectivity index (χ0n) is 13.3. The summed E-state index contributed by atoms with van der Waals surface area (Å²) in [6.07, 6.45) is 0. The average molecular weight is 315 g/mol. The van der Waals surface area contributed by atoms with Crippen LogP contribution in [0.1, 0.15) is 18.1 Å². The number of nitrogens with zero attached hydrogens (tertiary/aromatic N) is 2. The minimum atomic E-state index is 0.524. The Balaban J connectivity index is 1.63. The van der Waals surface area contributed by atoms with Crippen molar-refractivity contribution in [3.8, 4) is 0 Å². The molecule has 0 bridgehead atoms. The molecule has 1 aliphatic rings. The molecule has 0 aromatic heterocycles. The molecule has 0 saturated carbocycles. The topological polar surface area (TPSA) is 6.48 Å². The molecule has 22 heavy (non-hydrogen) atoms. The fourth-order valence-electron chi connectivity index (χ4n) is 3.19. The molecule has 0 spiro atoms. The molecule has 1 fully saturated rings. The van der Waals surface area contributed by atoms with E-state index >= 15 is 0 Å². The molecule has 2 aromatic carbocycles. The standard InChI is InChI=1S/C19H23ClN2/c1-15-6-8-19(9-7-15)22-11-10-21(13-16(22)2)14-17-4-3-5-18(20)12-17/h3-9,12,16H,10-11,13-14H2,1-2H3. The van der Waals surface area contributed by atoms with Crippen LogP contribution in [0.5, 0.6) is 0 Å². The lowest BCUT2D eigenvalue weighted by Gasteiger charge is -2.41. The Morgan fingerprint density at radius 3 is 2.55 bits per heavy atom. The number of piperazine rings is 1. The molecule has 3 rings (SSSR count). The molecule has 1 atom stereocenters. The van der Waals surface area contributed by atoms with Crippen molar-refractivity contribution in [3.63, 3.8) is 0 Å². The maximum absolute atomic E-state index is 6.08. The summed E-state index contributed by atoms with van der Waals surface area (Å²) < 4.78 is 0. The predicted octanol–water partition coefficient (Wildman–Crippen LogP) is 4.36. The maximum Gasteiger partial charge on any atom is 0.0409 e. The van der Waals surface area contributed by atoms with Gasteiger partial charge >= 0.3 is 0 Å². The van der Waals surface area contributed by atoms with Gasteiger partial charge in [-0.1, -0.05) is 41.4 Å². The van der Waals surface area contributed by atoms with E-state index in [-0.39, 0.29) is 0 Å². The van der Waals surface area contributed by atoms with Gasteiger partial charge in [-0.3, -0.25) is 4.90 Å². The Morgan fingerprint density at radius 2 is 1.86 bits per heavy atom. The van der Waals surface area contributed by atoms with Crippen molar-refractivity contribution < 1.29 is 0 Å². The van der Waals surface area contributed by atoms with E-state index < -0.39 is 0 Å². The number of aryl methyl sites for hydroxylation is 1. The molecule has 2 aromatic rings. The first-order valence-corrected chi connectivity index (χ1v) is 8.30. The Bertz CT molecular complexity index is 624. The molecule has 116 valence electrons. The number of halogens is 1. The summed E-state index contributed by atoms with van der Waals surface area (Å²) >= 11 is 6.08. The lowest BCUT2D eigenvalue weighted by Crippen LogP contribution is -2.51. The highest BCUT2D eigenvalue weighted by molar-refractivity contribution is 6.30. The first-order chi connectivity index (χ1) is 10.6. The van der Waals surface area contributed by atoms with E-state index in [0.717, 1.165) is 31.2 Å². The highest BCUT2D eigenvalue weighted by Crippen LogP contribution is 2.22. The van der Waals surface area contributed by atoms with Crippen LogP contribution in [0.3, 0.4) is 0 Å². The van der Waals surface area contributed by atoms with Crippen LogP contribution in [-0.4, -0.2) is 30.6 Å². The van der Waals surface area contributed by atoms with Crippen LogP contribution < -0.4 is 4.90 Å². The molecular weight excluding hydrogens is 292 g/mol. The van der Waals surface area contributed by atoms with Crippen LogP contribution in [0.15, 0.2) is 48.5 Å². The maximum atomic E-state index is 6.08. The second kappa shape index (κ2) is 6.72. The second-order valence-corrected chi connectivity index (χ2v) is 6.68. The molecule has 0 amide bonds. The Kier molecular flexibility index (Phi) is 4.70. The Labute approximate surface area is 138 Å². The van der Waals surface area contributed by atoms with Crippen LogP contribution in [-0.2, 0) is 6.54 Å². The monoisotopic (exact) mass is 314 g/mol. The predicted molar refractivity (Wildman–Crippen MR) is 94.7 cm³/mol. The molecule has 0 N–H and O–H groups in total. The average Bonchev–Trinajstić information content (AvgIpc) is 2.49. The SMILES string of the molecule is Cc1ccc(N2CCN(Cc3cccc(Cl)c3)CC2C)cc1. The molecule has 1 saturated heterocycles. The Morgan fingerprint density at radius 1 is 1.09 bits per heavy atom. The summed E-state index contributed by atoms with van der Waals surface area (Å²) in [5, 5.41) is 0.823. The zero-order chi connectivity index (χ0) is 15.5. The molecule has 1 unspecified atom stereocenters. The van der Waals surface area contributed by atoms with Crippen molar-refractivity contribution in [2.24, 2.45) is 0 Å². The number of benzene rings is 2. The normalized spacial score (nSPS) is 19.4. The van der Waals surface area contributed by atoms with Gasteiger partial charge in [0.2, 0.25) is 0 Å². The lowest BCUT2D eigenvalue weighted by molar-refractivity contribution is 0.221. The molecule has 0 radical (unpaired) electrons. The summed E-state index contributed by atoms with van der Waals surface area (Å²) in [6.45, 7) is 8.67. The number of hydrogen-bond donors (Lipinski definition) is 0. The summed E-state index contributed by atoms with van der Waals surface area (Å²) in [5.41, 5.74) is 3.94. The highest BCUT2D eigenvalue weighted by atomic mass is 35.5. The quantitative estimate of drug-likeness (QED) is 0.830. The van der Waals surface area contributed by atoms with Gasteiger partial charge < -0.3 is 4.90 Å². The number of hydrogen-bond acceptors (Lipinski definition) is 2. The second-order valence-electron chi connectivity index (χ2n) is 6.24. The Hall–Kier alpha value is -1.51. The van der Waals surface area contributed by atoms with Gasteiger partial charge in [0.05, 0.1) is 0 Å². The van der Waals surface area contributed by atoms with Gasteiger partial charge in [0, 0.05) is 42.9 Å². The van der Waals surface area contributed by atoms with Crippen LogP contribution in [0, 0.1) is 6.92 Å². The van der Waals surface area contributed by atoms with Crippen molar-refractivity contribution in [3.05, 3.63) is 64.7 Å². The molecule has 3 heteroatoms. The van der Waals surface area contributed by atoms with Crippen LogP contribution in [0.4, 0.5) is 5.69 Å². The van der Waals surface area contributed by atoms with Crippen molar-refractivity contribution in [1.29, 1.82) is 0 Å². The van der Waals surface area contributed by atoms with E-state index in [1.807, 2.05) is 12.1 Å². The lowest BCUT2D eigenvalue weighted by atomic mass is 10.1. The highest BCUT2D eigenvalue weighted by Gasteiger charge is 2.23. The van der Waals surface area contributed by atoms with Crippen molar-refractivity contribution in [1.82, 2.24) is 4.90 Å². The van der Waals surface area contributed by atoms with E-state index in [1.165, 1.54) is 16.8 Å². The molecule has 1 aliphatic heterocycles. The fraction of sp³-hybridized carbons (Fsp3) is 0.368. The van der Waals surface area contributed by atoms with Gasteiger partial charge in [-0.15, -0.1) is 0 Å². The minimum Gasteiger partial charge on any atom is -0.366 e. The van der Waals surface area contributed by atoms with Gasteiger partial charge in [-0.25, -0.2) is 0 Å². The van der Waals surface area contributed by atoms with E-state index in [2.05, 4.69) is 60.0 Å². The van der Waals surface area contributed by atoms with Crippen molar-refractivity contribution >= 4 is 17.3 Å². The summed E-state index contributed by atoms with van der Waals surface area (Å²) in [6, 6.07) is 17.6. The largest absolute Gasteiger partial charge is 0.366 e. The summed E-state index contributed by atoms with van der Waals surface area (Å²) in [4.78, 5) is 5.02. The van der Waals surface area contributed by atoms with Crippen LogP contribution in [0.25, 0.3) is 0 Å². The smallest absolute Gasteiger partial charge is 0.0409 e.